The van der Waals surface area contributed by atoms with Crippen molar-refractivity contribution in [3.8, 4) is 5.75 Å². The summed E-state index contributed by atoms with van der Waals surface area (Å²) in [6.07, 6.45) is 4.22. The molecule has 1 aromatic heterocycles. The maximum atomic E-state index is 12.3. The van der Waals surface area contributed by atoms with Crippen molar-refractivity contribution in [3.05, 3.63) is 52.2 Å². The number of amides is 1. The molecule has 1 atom stereocenters. The molecular weight excluding hydrogens is 332 g/mol. The van der Waals surface area contributed by atoms with Crippen molar-refractivity contribution in [3.63, 3.8) is 0 Å². The van der Waals surface area contributed by atoms with E-state index in [0.717, 1.165) is 24.4 Å². The van der Waals surface area contributed by atoms with Gasteiger partial charge in [0.1, 0.15) is 5.75 Å². The molecule has 1 fully saturated rings. The van der Waals surface area contributed by atoms with Crippen molar-refractivity contribution in [2.75, 3.05) is 26.7 Å². The first-order valence-electron chi connectivity index (χ1n) is 8.92. The van der Waals surface area contributed by atoms with E-state index in [1.807, 2.05) is 29.0 Å². The predicted molar refractivity (Wildman–Crippen MR) is 102 cm³/mol. The van der Waals surface area contributed by atoms with Crippen molar-refractivity contribution in [1.29, 1.82) is 0 Å². The fraction of sp³-hybridized carbons (Fsp3) is 0.450. The quantitative estimate of drug-likeness (QED) is 0.821. The van der Waals surface area contributed by atoms with Gasteiger partial charge in [0.25, 0.3) is 0 Å². The highest BCUT2D eigenvalue weighted by atomic mass is 32.1. The molecule has 0 spiro atoms. The summed E-state index contributed by atoms with van der Waals surface area (Å²) in [7, 11) is 1.68. The molecule has 1 unspecified atom stereocenters. The van der Waals surface area contributed by atoms with Crippen LogP contribution < -0.4 is 10.1 Å². The molecule has 2 aromatic rings. The Morgan fingerprint density at radius 1 is 1.20 bits per heavy atom. The third kappa shape index (κ3) is 5.06. The molecule has 0 aliphatic carbocycles. The summed E-state index contributed by atoms with van der Waals surface area (Å²) < 4.78 is 5.27. The number of thiophene rings is 1. The van der Waals surface area contributed by atoms with Gasteiger partial charge in [0.05, 0.1) is 19.6 Å². The van der Waals surface area contributed by atoms with Gasteiger partial charge in [-0.3, -0.25) is 9.69 Å². The molecule has 1 aliphatic heterocycles. The fourth-order valence-corrected chi connectivity index (χ4v) is 4.03. The minimum atomic E-state index is 0.0916. The van der Waals surface area contributed by atoms with Crippen molar-refractivity contribution in [2.24, 2.45) is 0 Å². The van der Waals surface area contributed by atoms with E-state index in [2.05, 4.69) is 22.3 Å². The van der Waals surface area contributed by atoms with Gasteiger partial charge in [0, 0.05) is 6.54 Å². The Kier molecular flexibility index (Phi) is 6.48. The Hall–Kier alpha value is -1.85. The number of hydrogen-bond donors (Lipinski definition) is 1. The third-order valence-electron chi connectivity index (χ3n) is 4.77. The van der Waals surface area contributed by atoms with Crippen LogP contribution in [0.5, 0.6) is 5.75 Å². The monoisotopic (exact) mass is 358 g/mol. The Balaban J connectivity index is 1.65. The summed E-state index contributed by atoms with van der Waals surface area (Å²) >= 11 is 1.63. The van der Waals surface area contributed by atoms with E-state index < -0.39 is 0 Å². The second-order valence-electron chi connectivity index (χ2n) is 6.50. The number of likely N-dealkylation sites (tertiary alicyclic amines) is 1. The molecule has 1 N–H and O–H groups in total. The maximum absolute atomic E-state index is 12.3. The molecule has 25 heavy (non-hydrogen) atoms. The van der Waals surface area contributed by atoms with Crippen molar-refractivity contribution < 1.29 is 9.53 Å². The molecule has 134 valence electrons. The Bertz CT molecular complexity index is 649. The lowest BCUT2D eigenvalue weighted by molar-refractivity contribution is -0.120. The third-order valence-corrected chi connectivity index (χ3v) is 5.50. The van der Waals surface area contributed by atoms with E-state index in [-0.39, 0.29) is 11.9 Å². The van der Waals surface area contributed by atoms with Crippen molar-refractivity contribution in [1.82, 2.24) is 10.2 Å². The number of benzene rings is 1. The topological polar surface area (TPSA) is 41.6 Å². The molecule has 0 radical (unpaired) electrons. The second-order valence-corrected chi connectivity index (χ2v) is 7.28. The number of methoxy groups -OCH3 is 1. The molecule has 2 heterocycles. The molecule has 0 saturated carbocycles. The zero-order chi connectivity index (χ0) is 17.5. The lowest BCUT2D eigenvalue weighted by Gasteiger charge is -2.35. The van der Waals surface area contributed by atoms with Gasteiger partial charge in [0.15, 0.2) is 0 Å². The van der Waals surface area contributed by atoms with Crippen LogP contribution >= 0.6 is 11.3 Å². The largest absolute Gasteiger partial charge is 0.497 e. The van der Waals surface area contributed by atoms with Gasteiger partial charge in [0.2, 0.25) is 5.91 Å². The van der Waals surface area contributed by atoms with E-state index >= 15 is 0 Å². The highest BCUT2D eigenvalue weighted by molar-refractivity contribution is 7.07. The number of nitrogens with one attached hydrogen (secondary N) is 1. The molecule has 4 nitrogen and oxygen atoms in total. The number of ether oxygens (including phenoxy) is 1. The number of nitrogens with zero attached hydrogens (tertiary/aromatic N) is 1. The first kappa shape index (κ1) is 18.0. The molecule has 1 aromatic carbocycles. The predicted octanol–water partition coefficient (Wildman–Crippen LogP) is 3.64. The van der Waals surface area contributed by atoms with Crippen LogP contribution in [0, 0.1) is 0 Å². The first-order valence-corrected chi connectivity index (χ1v) is 9.86. The van der Waals surface area contributed by atoms with Gasteiger partial charge in [-0.15, -0.1) is 0 Å². The molecular formula is C20H26N2O2S. The van der Waals surface area contributed by atoms with Crippen LogP contribution in [-0.2, 0) is 11.2 Å². The second kappa shape index (κ2) is 9.02. The van der Waals surface area contributed by atoms with Crippen LogP contribution in [-0.4, -0.2) is 37.6 Å². The zero-order valence-corrected chi connectivity index (χ0v) is 15.6. The minimum absolute atomic E-state index is 0.0916. The standard InChI is InChI=1S/C20H26N2O2S/c1-24-18-7-5-17(6-8-18)19(22-10-3-2-4-11-22)14-21-20(23)13-16-9-12-25-15-16/h5-9,12,15,19H,2-4,10-11,13-14H2,1H3,(H,21,23). The van der Waals surface area contributed by atoms with Gasteiger partial charge in [-0.25, -0.2) is 0 Å². The van der Waals surface area contributed by atoms with Gasteiger partial charge in [-0.2, -0.15) is 11.3 Å². The molecule has 1 aliphatic rings. The van der Waals surface area contributed by atoms with E-state index in [1.54, 1.807) is 18.4 Å². The Morgan fingerprint density at radius 2 is 1.96 bits per heavy atom. The Morgan fingerprint density at radius 3 is 2.60 bits per heavy atom. The summed E-state index contributed by atoms with van der Waals surface area (Å²) in [5.41, 5.74) is 2.32. The van der Waals surface area contributed by atoms with Crippen molar-refractivity contribution >= 4 is 17.2 Å². The van der Waals surface area contributed by atoms with Crippen LogP contribution in [0.3, 0.4) is 0 Å². The highest BCUT2D eigenvalue weighted by Crippen LogP contribution is 2.26. The van der Waals surface area contributed by atoms with Gasteiger partial charge in [-0.1, -0.05) is 18.6 Å². The average Bonchev–Trinajstić information content (AvgIpc) is 3.16. The lowest BCUT2D eigenvalue weighted by Crippen LogP contribution is -2.41. The summed E-state index contributed by atoms with van der Waals surface area (Å²) in [4.78, 5) is 14.8. The molecule has 3 rings (SSSR count). The SMILES string of the molecule is COc1ccc(C(CNC(=O)Cc2ccsc2)N2CCCCC2)cc1. The van der Waals surface area contributed by atoms with Crippen LogP contribution in [0.25, 0.3) is 0 Å². The molecule has 5 heteroatoms. The van der Waals surface area contributed by atoms with Crippen molar-refractivity contribution in [2.45, 2.75) is 31.7 Å². The van der Waals surface area contributed by atoms with Crippen LogP contribution in [0.1, 0.15) is 36.4 Å². The van der Waals surface area contributed by atoms with E-state index in [4.69, 9.17) is 4.74 Å². The number of carbonyl (C=O) groups excluding carboxylic acids is 1. The highest BCUT2D eigenvalue weighted by Gasteiger charge is 2.23. The normalized spacial score (nSPS) is 16.4. The fourth-order valence-electron chi connectivity index (χ4n) is 3.37. The maximum Gasteiger partial charge on any atom is 0.224 e. The number of piperidine rings is 1. The van der Waals surface area contributed by atoms with Crippen LogP contribution in [0.15, 0.2) is 41.1 Å². The molecule has 1 saturated heterocycles. The summed E-state index contributed by atoms with van der Waals surface area (Å²) in [6.45, 7) is 2.84. The Labute approximate surface area is 153 Å². The number of hydrogen-bond acceptors (Lipinski definition) is 4. The van der Waals surface area contributed by atoms with Gasteiger partial charge >= 0.3 is 0 Å². The lowest BCUT2D eigenvalue weighted by atomic mass is 10.0. The van der Waals surface area contributed by atoms with Crippen LogP contribution in [0.4, 0.5) is 0 Å². The van der Waals surface area contributed by atoms with Crippen LogP contribution in [0.2, 0.25) is 0 Å². The number of carbonyl (C=O) groups is 1. The molecule has 0 bridgehead atoms. The van der Waals surface area contributed by atoms with Gasteiger partial charge in [-0.05, 0) is 66.0 Å². The van der Waals surface area contributed by atoms with E-state index in [1.165, 1.54) is 24.8 Å². The minimum Gasteiger partial charge on any atom is -0.497 e. The zero-order valence-electron chi connectivity index (χ0n) is 14.7. The molecule has 1 amide bonds. The summed E-state index contributed by atoms with van der Waals surface area (Å²) in [5, 5.41) is 7.18. The van der Waals surface area contributed by atoms with E-state index in [9.17, 15) is 4.79 Å². The smallest absolute Gasteiger partial charge is 0.224 e. The summed E-state index contributed by atoms with van der Waals surface area (Å²) in [5.74, 6) is 0.955. The number of rotatable bonds is 7. The van der Waals surface area contributed by atoms with E-state index in [0.29, 0.717) is 13.0 Å². The average molecular weight is 359 g/mol. The van der Waals surface area contributed by atoms with Gasteiger partial charge < -0.3 is 10.1 Å². The summed E-state index contributed by atoms with van der Waals surface area (Å²) in [6, 6.07) is 10.5. The first-order chi connectivity index (χ1) is 12.3.